The number of hydrogen-bond acceptors (Lipinski definition) is 5. The minimum atomic E-state index is 0.666. The molecular formula is C8H7N5. The van der Waals surface area contributed by atoms with Crippen LogP contribution in [0.3, 0.4) is 0 Å². The zero-order chi connectivity index (χ0) is 8.67. The summed E-state index contributed by atoms with van der Waals surface area (Å²) in [7, 11) is 0. The predicted molar refractivity (Wildman–Crippen MR) is 48.3 cm³/mol. The zero-order valence-electron chi connectivity index (χ0n) is 6.88. The highest BCUT2D eigenvalue weighted by Crippen LogP contribution is 2.20. The van der Waals surface area contributed by atoms with Crippen LogP contribution in [-0.4, -0.2) is 40.1 Å². The molecule has 3 heterocycles. The van der Waals surface area contributed by atoms with E-state index in [9.17, 15) is 0 Å². The zero-order valence-corrected chi connectivity index (χ0v) is 6.88. The van der Waals surface area contributed by atoms with E-state index in [-0.39, 0.29) is 0 Å². The van der Waals surface area contributed by atoms with Crippen LogP contribution in [0.5, 0.6) is 0 Å². The Kier molecular flexibility index (Phi) is 1.21. The van der Waals surface area contributed by atoms with E-state index >= 15 is 0 Å². The summed E-state index contributed by atoms with van der Waals surface area (Å²) in [6.07, 6.45) is 5.07. The smallest absolute Gasteiger partial charge is 0.183 e. The lowest BCUT2D eigenvalue weighted by Gasteiger charge is -2.18. The van der Waals surface area contributed by atoms with Crippen molar-refractivity contribution in [2.24, 2.45) is 9.98 Å². The molecular weight excluding hydrogens is 166 g/mol. The average molecular weight is 173 g/mol. The second-order valence-corrected chi connectivity index (χ2v) is 2.87. The molecule has 2 aliphatic rings. The Balaban J connectivity index is 2.23. The molecule has 3 rings (SSSR count). The van der Waals surface area contributed by atoms with Gasteiger partial charge >= 0.3 is 0 Å². The van der Waals surface area contributed by atoms with Crippen LogP contribution in [0.15, 0.2) is 22.4 Å². The van der Waals surface area contributed by atoms with Gasteiger partial charge in [0.25, 0.3) is 0 Å². The number of fused-ring (bicyclic) bond motifs is 3. The SMILES string of the molecule is C1=Nc2nccnc2C2=NCCN12. The van der Waals surface area contributed by atoms with Crippen molar-refractivity contribution in [3.8, 4) is 0 Å². The lowest BCUT2D eigenvalue weighted by Crippen LogP contribution is -2.30. The van der Waals surface area contributed by atoms with Gasteiger partial charge in [-0.05, 0) is 0 Å². The van der Waals surface area contributed by atoms with Crippen LogP contribution >= 0.6 is 0 Å². The van der Waals surface area contributed by atoms with Crippen molar-refractivity contribution >= 4 is 18.0 Å². The van der Waals surface area contributed by atoms with Crippen LogP contribution in [0, 0.1) is 0 Å². The Bertz CT molecular complexity index is 409. The molecule has 0 saturated heterocycles. The standard InChI is InChI=1S/C8H7N5/c1-2-10-7-6(9-1)8-11-3-4-13(8)5-12-7/h1-2,5H,3-4H2. The number of amidine groups is 1. The second-order valence-electron chi connectivity index (χ2n) is 2.87. The van der Waals surface area contributed by atoms with E-state index in [1.54, 1.807) is 18.7 Å². The van der Waals surface area contributed by atoms with Crippen LogP contribution in [0.4, 0.5) is 5.82 Å². The molecule has 0 aromatic carbocycles. The van der Waals surface area contributed by atoms with Gasteiger partial charge in [0.05, 0.1) is 12.9 Å². The third kappa shape index (κ3) is 0.867. The monoisotopic (exact) mass is 173 g/mol. The lowest BCUT2D eigenvalue weighted by molar-refractivity contribution is 0.676. The van der Waals surface area contributed by atoms with Gasteiger partial charge < -0.3 is 4.90 Å². The predicted octanol–water partition coefficient (Wildman–Crippen LogP) is 0.212. The van der Waals surface area contributed by atoms with Gasteiger partial charge in [-0.1, -0.05) is 0 Å². The Morgan fingerprint density at radius 3 is 3.15 bits per heavy atom. The van der Waals surface area contributed by atoms with Gasteiger partial charge in [0.15, 0.2) is 17.3 Å². The molecule has 5 heteroatoms. The van der Waals surface area contributed by atoms with Crippen molar-refractivity contribution in [2.75, 3.05) is 13.1 Å². The summed E-state index contributed by atoms with van der Waals surface area (Å²) in [4.78, 5) is 18.9. The molecule has 0 saturated carbocycles. The van der Waals surface area contributed by atoms with Gasteiger partial charge in [-0.3, -0.25) is 4.99 Å². The summed E-state index contributed by atoms with van der Waals surface area (Å²) >= 11 is 0. The molecule has 0 radical (unpaired) electrons. The van der Waals surface area contributed by atoms with E-state index in [4.69, 9.17) is 0 Å². The molecule has 0 N–H and O–H groups in total. The van der Waals surface area contributed by atoms with Crippen molar-refractivity contribution < 1.29 is 0 Å². The quantitative estimate of drug-likeness (QED) is 0.563. The fourth-order valence-corrected chi connectivity index (χ4v) is 1.49. The molecule has 1 aromatic rings. The number of rotatable bonds is 0. The minimum Gasteiger partial charge on any atom is -0.314 e. The van der Waals surface area contributed by atoms with E-state index in [2.05, 4.69) is 20.0 Å². The molecule has 0 atom stereocenters. The highest BCUT2D eigenvalue weighted by atomic mass is 15.3. The fourth-order valence-electron chi connectivity index (χ4n) is 1.49. The van der Waals surface area contributed by atoms with Gasteiger partial charge in [0.2, 0.25) is 0 Å². The number of hydrogen-bond donors (Lipinski definition) is 0. The molecule has 13 heavy (non-hydrogen) atoms. The van der Waals surface area contributed by atoms with E-state index in [1.807, 2.05) is 4.90 Å². The maximum Gasteiger partial charge on any atom is 0.183 e. The van der Waals surface area contributed by atoms with Crippen LogP contribution < -0.4 is 0 Å². The van der Waals surface area contributed by atoms with Crippen molar-refractivity contribution in [2.45, 2.75) is 0 Å². The second kappa shape index (κ2) is 2.35. The molecule has 0 spiro atoms. The summed E-state index contributed by atoms with van der Waals surface area (Å²) in [5.74, 6) is 1.57. The van der Waals surface area contributed by atoms with Gasteiger partial charge in [-0.25, -0.2) is 15.0 Å². The van der Waals surface area contributed by atoms with Crippen molar-refractivity contribution in [1.29, 1.82) is 0 Å². The first kappa shape index (κ1) is 6.71. The normalized spacial score (nSPS) is 18.2. The highest BCUT2D eigenvalue weighted by Gasteiger charge is 2.24. The van der Waals surface area contributed by atoms with Crippen LogP contribution in [0.1, 0.15) is 5.69 Å². The maximum absolute atomic E-state index is 4.35. The molecule has 0 unspecified atom stereocenters. The summed E-state index contributed by atoms with van der Waals surface area (Å²) < 4.78 is 0. The molecule has 0 bridgehead atoms. The fraction of sp³-hybridized carbons (Fsp3) is 0.250. The summed E-state index contributed by atoms with van der Waals surface area (Å²) in [6.45, 7) is 1.71. The first-order chi connectivity index (χ1) is 6.45. The Morgan fingerprint density at radius 2 is 2.15 bits per heavy atom. The molecule has 0 aliphatic carbocycles. The first-order valence-electron chi connectivity index (χ1n) is 4.12. The number of nitrogens with zero attached hydrogens (tertiary/aromatic N) is 5. The highest BCUT2D eigenvalue weighted by molar-refractivity contribution is 6.09. The van der Waals surface area contributed by atoms with Crippen molar-refractivity contribution in [1.82, 2.24) is 14.9 Å². The van der Waals surface area contributed by atoms with E-state index in [0.717, 1.165) is 24.6 Å². The van der Waals surface area contributed by atoms with Crippen LogP contribution in [0.2, 0.25) is 0 Å². The number of aliphatic imine (C=N–C) groups is 2. The van der Waals surface area contributed by atoms with E-state index < -0.39 is 0 Å². The lowest BCUT2D eigenvalue weighted by atomic mass is 10.3. The molecule has 64 valence electrons. The maximum atomic E-state index is 4.35. The Hall–Kier alpha value is -1.78. The third-order valence-corrected chi connectivity index (χ3v) is 2.08. The van der Waals surface area contributed by atoms with Gasteiger partial charge in [0, 0.05) is 18.9 Å². The van der Waals surface area contributed by atoms with Crippen LogP contribution in [-0.2, 0) is 0 Å². The molecule has 5 nitrogen and oxygen atoms in total. The molecule has 1 aromatic heterocycles. The first-order valence-corrected chi connectivity index (χ1v) is 4.12. The van der Waals surface area contributed by atoms with Crippen LogP contribution in [0.25, 0.3) is 0 Å². The van der Waals surface area contributed by atoms with Gasteiger partial charge in [-0.15, -0.1) is 0 Å². The molecule has 0 fully saturated rings. The third-order valence-electron chi connectivity index (χ3n) is 2.08. The Labute approximate surface area is 74.9 Å². The summed E-state index contributed by atoms with van der Waals surface area (Å²) in [6, 6.07) is 0. The molecule has 0 amide bonds. The van der Waals surface area contributed by atoms with Gasteiger partial charge in [0.1, 0.15) is 0 Å². The van der Waals surface area contributed by atoms with E-state index in [1.165, 1.54) is 0 Å². The largest absolute Gasteiger partial charge is 0.314 e. The van der Waals surface area contributed by atoms with Crippen molar-refractivity contribution in [3.05, 3.63) is 18.1 Å². The number of aromatic nitrogens is 2. The topological polar surface area (TPSA) is 53.7 Å². The molecule has 2 aliphatic heterocycles. The van der Waals surface area contributed by atoms with Gasteiger partial charge in [-0.2, -0.15) is 0 Å². The average Bonchev–Trinajstić information content (AvgIpc) is 2.65. The Morgan fingerprint density at radius 1 is 1.23 bits per heavy atom. The minimum absolute atomic E-state index is 0.666. The van der Waals surface area contributed by atoms with Crippen molar-refractivity contribution in [3.63, 3.8) is 0 Å². The summed E-state index contributed by atoms with van der Waals surface area (Å²) in [5, 5.41) is 0. The van der Waals surface area contributed by atoms with E-state index in [0.29, 0.717) is 5.82 Å². The summed E-state index contributed by atoms with van der Waals surface area (Å²) in [5.41, 5.74) is 0.794.